The van der Waals surface area contributed by atoms with Crippen LogP contribution in [0.1, 0.15) is 11.7 Å². The molecule has 0 amide bonds. The molecule has 1 aromatic carbocycles. The molecular formula is C16H14BrN3O. The number of halogens is 1. The van der Waals surface area contributed by atoms with Crippen molar-refractivity contribution >= 4 is 15.9 Å². The van der Waals surface area contributed by atoms with E-state index in [1.54, 1.807) is 18.6 Å². The Kier molecular flexibility index (Phi) is 4.13. The van der Waals surface area contributed by atoms with E-state index in [0.717, 1.165) is 21.4 Å². The predicted octanol–water partition coefficient (Wildman–Crippen LogP) is 3.44. The molecule has 0 saturated carbocycles. The summed E-state index contributed by atoms with van der Waals surface area (Å²) in [5.41, 5.74) is 1.80. The van der Waals surface area contributed by atoms with Crippen molar-refractivity contribution in [1.82, 2.24) is 14.5 Å². The highest BCUT2D eigenvalue weighted by Crippen LogP contribution is 2.22. The molecule has 1 unspecified atom stereocenters. The van der Waals surface area contributed by atoms with Crippen molar-refractivity contribution in [3.05, 3.63) is 71.2 Å². The van der Waals surface area contributed by atoms with Gasteiger partial charge in [-0.1, -0.05) is 30.3 Å². The van der Waals surface area contributed by atoms with E-state index in [-0.39, 0.29) is 0 Å². The van der Waals surface area contributed by atoms with Crippen molar-refractivity contribution in [2.24, 2.45) is 0 Å². The fourth-order valence-electron chi connectivity index (χ4n) is 2.22. The van der Waals surface area contributed by atoms with Gasteiger partial charge >= 0.3 is 0 Å². The number of nitrogens with zero attached hydrogens (tertiary/aromatic N) is 3. The zero-order valence-electron chi connectivity index (χ0n) is 11.2. The SMILES string of the molecule is OC(Cn1ccnc1-c1cncc(Br)c1)c1ccccc1. The zero-order chi connectivity index (χ0) is 14.7. The summed E-state index contributed by atoms with van der Waals surface area (Å²) < 4.78 is 2.83. The summed E-state index contributed by atoms with van der Waals surface area (Å²) >= 11 is 3.41. The molecule has 2 heterocycles. The van der Waals surface area contributed by atoms with Crippen molar-refractivity contribution in [2.45, 2.75) is 12.6 Å². The molecule has 106 valence electrons. The summed E-state index contributed by atoms with van der Waals surface area (Å²) in [6, 6.07) is 11.6. The van der Waals surface area contributed by atoms with E-state index < -0.39 is 6.10 Å². The van der Waals surface area contributed by atoms with Gasteiger partial charge in [-0.25, -0.2) is 4.98 Å². The number of pyridine rings is 1. The standard InChI is InChI=1S/C16H14BrN3O/c17-14-8-13(9-18-10-14)16-19-6-7-20(16)11-15(21)12-4-2-1-3-5-12/h1-10,15,21H,11H2. The van der Waals surface area contributed by atoms with Crippen LogP contribution in [0.2, 0.25) is 0 Å². The molecule has 0 aliphatic carbocycles. The minimum absolute atomic E-state index is 0.450. The Bertz CT molecular complexity index is 727. The Labute approximate surface area is 131 Å². The van der Waals surface area contributed by atoms with Crippen LogP contribution in [0.25, 0.3) is 11.4 Å². The van der Waals surface area contributed by atoms with Crippen molar-refractivity contribution in [3.63, 3.8) is 0 Å². The maximum atomic E-state index is 10.3. The molecule has 2 aromatic heterocycles. The van der Waals surface area contributed by atoms with Crippen molar-refractivity contribution < 1.29 is 5.11 Å². The van der Waals surface area contributed by atoms with Gasteiger partial charge in [0.1, 0.15) is 5.82 Å². The van der Waals surface area contributed by atoms with Crippen LogP contribution in [0.3, 0.4) is 0 Å². The quantitative estimate of drug-likeness (QED) is 0.789. The third kappa shape index (κ3) is 3.20. The lowest BCUT2D eigenvalue weighted by atomic mass is 10.1. The molecule has 1 atom stereocenters. The van der Waals surface area contributed by atoms with Crippen LogP contribution in [0, 0.1) is 0 Å². The van der Waals surface area contributed by atoms with Crippen LogP contribution in [-0.4, -0.2) is 19.6 Å². The Morgan fingerprint density at radius 2 is 2.00 bits per heavy atom. The number of rotatable bonds is 4. The Morgan fingerprint density at radius 1 is 1.19 bits per heavy atom. The summed E-state index contributed by atoms with van der Waals surface area (Å²) in [6.45, 7) is 0.450. The molecule has 0 bridgehead atoms. The fourth-order valence-corrected chi connectivity index (χ4v) is 2.58. The van der Waals surface area contributed by atoms with Crippen LogP contribution >= 0.6 is 15.9 Å². The average molecular weight is 344 g/mol. The lowest BCUT2D eigenvalue weighted by Crippen LogP contribution is -2.09. The van der Waals surface area contributed by atoms with E-state index in [0.29, 0.717) is 6.54 Å². The fraction of sp³-hybridized carbons (Fsp3) is 0.125. The molecule has 5 heteroatoms. The van der Waals surface area contributed by atoms with E-state index >= 15 is 0 Å². The maximum Gasteiger partial charge on any atom is 0.141 e. The van der Waals surface area contributed by atoms with Gasteiger partial charge in [-0.2, -0.15) is 0 Å². The van der Waals surface area contributed by atoms with E-state index in [9.17, 15) is 5.11 Å². The number of benzene rings is 1. The molecule has 3 rings (SSSR count). The van der Waals surface area contributed by atoms with Gasteiger partial charge in [0.2, 0.25) is 0 Å². The largest absolute Gasteiger partial charge is 0.387 e. The summed E-state index contributed by atoms with van der Waals surface area (Å²) in [6.07, 6.45) is 6.52. The second-order valence-corrected chi connectivity index (χ2v) is 5.64. The molecule has 1 N–H and O–H groups in total. The number of aromatic nitrogens is 3. The van der Waals surface area contributed by atoms with Gasteiger partial charge in [0.15, 0.2) is 0 Å². The van der Waals surface area contributed by atoms with Gasteiger partial charge in [0, 0.05) is 34.8 Å². The van der Waals surface area contributed by atoms with E-state index in [4.69, 9.17) is 0 Å². The topological polar surface area (TPSA) is 50.9 Å². The molecule has 4 nitrogen and oxygen atoms in total. The number of aliphatic hydroxyl groups excluding tert-OH is 1. The first-order chi connectivity index (χ1) is 10.2. The molecule has 3 aromatic rings. The molecule has 0 radical (unpaired) electrons. The first-order valence-electron chi connectivity index (χ1n) is 6.59. The summed E-state index contributed by atoms with van der Waals surface area (Å²) in [7, 11) is 0. The number of hydrogen-bond donors (Lipinski definition) is 1. The average Bonchev–Trinajstić information content (AvgIpc) is 2.96. The highest BCUT2D eigenvalue weighted by molar-refractivity contribution is 9.10. The number of hydrogen-bond acceptors (Lipinski definition) is 3. The maximum absolute atomic E-state index is 10.3. The molecule has 0 saturated heterocycles. The van der Waals surface area contributed by atoms with Gasteiger partial charge in [-0.3, -0.25) is 4.98 Å². The van der Waals surface area contributed by atoms with Crippen LogP contribution in [0.4, 0.5) is 0 Å². The van der Waals surface area contributed by atoms with Gasteiger partial charge in [0.05, 0.1) is 12.6 Å². The zero-order valence-corrected chi connectivity index (χ0v) is 12.8. The normalized spacial score (nSPS) is 12.3. The van der Waals surface area contributed by atoms with Gasteiger partial charge in [-0.05, 0) is 27.6 Å². The number of imidazole rings is 1. The van der Waals surface area contributed by atoms with Crippen molar-refractivity contribution in [3.8, 4) is 11.4 Å². The van der Waals surface area contributed by atoms with E-state index in [2.05, 4.69) is 25.9 Å². The van der Waals surface area contributed by atoms with Crippen molar-refractivity contribution in [1.29, 1.82) is 0 Å². The summed E-state index contributed by atoms with van der Waals surface area (Å²) in [4.78, 5) is 8.52. The molecule has 0 aliphatic rings. The Balaban J connectivity index is 1.86. The van der Waals surface area contributed by atoms with Gasteiger partial charge in [-0.15, -0.1) is 0 Å². The number of aliphatic hydroxyl groups is 1. The lowest BCUT2D eigenvalue weighted by Gasteiger charge is -2.14. The summed E-state index contributed by atoms with van der Waals surface area (Å²) in [5.74, 6) is 0.791. The predicted molar refractivity (Wildman–Crippen MR) is 84.6 cm³/mol. The molecule has 0 spiro atoms. The van der Waals surface area contributed by atoms with E-state index in [1.165, 1.54) is 0 Å². The van der Waals surface area contributed by atoms with Gasteiger partial charge in [0.25, 0.3) is 0 Å². The summed E-state index contributed by atoms with van der Waals surface area (Å²) in [5, 5.41) is 10.3. The van der Waals surface area contributed by atoms with Gasteiger partial charge < -0.3 is 9.67 Å². The smallest absolute Gasteiger partial charge is 0.141 e. The highest BCUT2D eigenvalue weighted by atomic mass is 79.9. The Morgan fingerprint density at radius 3 is 2.76 bits per heavy atom. The molecule has 21 heavy (non-hydrogen) atoms. The van der Waals surface area contributed by atoms with Crippen LogP contribution in [-0.2, 0) is 6.54 Å². The second kappa shape index (κ2) is 6.20. The third-order valence-corrected chi connectivity index (χ3v) is 3.67. The minimum Gasteiger partial charge on any atom is -0.387 e. The highest BCUT2D eigenvalue weighted by Gasteiger charge is 2.12. The molecular weight excluding hydrogens is 330 g/mol. The van der Waals surface area contributed by atoms with Crippen molar-refractivity contribution in [2.75, 3.05) is 0 Å². The molecule has 0 fully saturated rings. The van der Waals surface area contributed by atoms with Crippen LogP contribution < -0.4 is 0 Å². The first kappa shape index (κ1) is 14.0. The minimum atomic E-state index is -0.570. The Hall–Kier alpha value is -1.98. The van der Waals surface area contributed by atoms with E-state index in [1.807, 2.05) is 47.2 Å². The van der Waals surface area contributed by atoms with Crippen LogP contribution in [0.5, 0.6) is 0 Å². The monoisotopic (exact) mass is 343 g/mol. The van der Waals surface area contributed by atoms with Crippen LogP contribution in [0.15, 0.2) is 65.7 Å². The second-order valence-electron chi connectivity index (χ2n) is 4.72. The third-order valence-electron chi connectivity index (χ3n) is 3.23. The lowest BCUT2D eigenvalue weighted by molar-refractivity contribution is 0.157. The first-order valence-corrected chi connectivity index (χ1v) is 7.38. The molecule has 0 aliphatic heterocycles.